The number of ether oxygens (including phenoxy) is 1. The maximum Gasteiger partial charge on any atom is 0.187 e. The van der Waals surface area contributed by atoms with E-state index in [2.05, 4.69) is 5.32 Å². The molecule has 1 unspecified atom stereocenters. The number of aryl methyl sites for hydroxylation is 2. The third-order valence-corrected chi connectivity index (χ3v) is 9.72. The molecule has 0 aliphatic carbocycles. The van der Waals surface area contributed by atoms with Gasteiger partial charge in [-0.15, -0.1) is 0 Å². The average molecular weight is 438 g/mol. The van der Waals surface area contributed by atoms with Crippen molar-refractivity contribution in [3.63, 3.8) is 0 Å². The summed E-state index contributed by atoms with van der Waals surface area (Å²) in [5.74, 6) is -0.363. The Morgan fingerprint density at radius 3 is 2.31 bits per heavy atom. The summed E-state index contributed by atoms with van der Waals surface area (Å²) < 4.78 is 57.1. The molecule has 3 rings (SSSR count). The van der Waals surface area contributed by atoms with E-state index in [4.69, 9.17) is 4.74 Å². The maximum absolute atomic E-state index is 13.5. The average Bonchev–Trinajstić information content (AvgIpc) is 2.99. The van der Waals surface area contributed by atoms with Crippen molar-refractivity contribution in [2.45, 2.75) is 43.0 Å². The van der Waals surface area contributed by atoms with Crippen LogP contribution in [0.15, 0.2) is 47.4 Å². The van der Waals surface area contributed by atoms with Gasteiger partial charge in [0.25, 0.3) is 0 Å². The summed E-state index contributed by atoms with van der Waals surface area (Å²) >= 11 is 0. The lowest BCUT2D eigenvalue weighted by atomic mass is 10.1. The smallest absolute Gasteiger partial charge is 0.187 e. The van der Waals surface area contributed by atoms with Crippen LogP contribution in [0.3, 0.4) is 0 Å². The highest BCUT2D eigenvalue weighted by Gasteiger charge is 2.47. The van der Waals surface area contributed by atoms with Crippen molar-refractivity contribution in [2.24, 2.45) is 0 Å². The highest BCUT2D eigenvalue weighted by molar-refractivity contribution is 7.96. The molecular weight excluding hydrogens is 410 g/mol. The molecule has 158 valence electrons. The first kappa shape index (κ1) is 21.8. The zero-order chi connectivity index (χ0) is 21.4. The molecule has 3 atom stereocenters. The molecule has 1 N–H and O–H groups in total. The Bertz CT molecular complexity index is 1100. The maximum atomic E-state index is 13.5. The van der Waals surface area contributed by atoms with E-state index in [1.807, 2.05) is 51.1 Å². The molecule has 1 saturated heterocycles. The standard InChI is InChI=1S/C21H27NO5S2/c1-14-10-19(27-4)20(11-15(14)2)29(25,26)21-13-28(23,24)12-18(21)22-16(3)17-8-6-5-7-9-17/h5-11,16,18,21-22H,12-13H2,1-4H3/t16?,18-,21-/m0/s1. The van der Waals surface area contributed by atoms with Crippen molar-refractivity contribution in [3.8, 4) is 5.75 Å². The molecule has 6 nitrogen and oxygen atoms in total. The first-order chi connectivity index (χ1) is 13.5. The number of rotatable bonds is 6. The molecule has 0 bridgehead atoms. The molecule has 1 aliphatic heterocycles. The molecule has 1 heterocycles. The van der Waals surface area contributed by atoms with Gasteiger partial charge in [0.2, 0.25) is 0 Å². The van der Waals surface area contributed by atoms with Gasteiger partial charge in [-0.2, -0.15) is 0 Å². The Morgan fingerprint density at radius 1 is 1.07 bits per heavy atom. The van der Waals surface area contributed by atoms with E-state index in [-0.39, 0.29) is 22.4 Å². The van der Waals surface area contributed by atoms with Crippen LogP contribution in [0.4, 0.5) is 0 Å². The number of hydrogen-bond donors (Lipinski definition) is 1. The van der Waals surface area contributed by atoms with E-state index in [1.165, 1.54) is 7.11 Å². The van der Waals surface area contributed by atoms with Gasteiger partial charge in [0.1, 0.15) is 10.6 Å². The van der Waals surface area contributed by atoms with Crippen LogP contribution >= 0.6 is 0 Å². The zero-order valence-electron chi connectivity index (χ0n) is 17.0. The Morgan fingerprint density at radius 2 is 1.69 bits per heavy atom. The number of sulfone groups is 2. The summed E-state index contributed by atoms with van der Waals surface area (Å²) in [6, 6.07) is 11.9. The predicted molar refractivity (Wildman–Crippen MR) is 114 cm³/mol. The SMILES string of the molecule is COc1cc(C)c(C)cc1S(=O)(=O)[C@H]1CS(=O)(=O)C[C@@H]1NC(C)c1ccccc1. The first-order valence-electron chi connectivity index (χ1n) is 9.45. The number of benzene rings is 2. The summed E-state index contributed by atoms with van der Waals surface area (Å²) in [5.41, 5.74) is 2.69. The van der Waals surface area contributed by atoms with Crippen molar-refractivity contribution < 1.29 is 21.6 Å². The van der Waals surface area contributed by atoms with Crippen LogP contribution < -0.4 is 10.1 Å². The van der Waals surface area contributed by atoms with Gasteiger partial charge in [-0.05, 0) is 49.6 Å². The Balaban J connectivity index is 1.99. The fourth-order valence-electron chi connectivity index (χ4n) is 3.74. The molecular formula is C21H27NO5S2. The van der Waals surface area contributed by atoms with Crippen LogP contribution in [0.5, 0.6) is 5.75 Å². The van der Waals surface area contributed by atoms with Crippen LogP contribution in [0, 0.1) is 13.8 Å². The third-order valence-electron chi connectivity index (χ3n) is 5.55. The van der Waals surface area contributed by atoms with Crippen LogP contribution in [-0.4, -0.2) is 46.7 Å². The highest BCUT2D eigenvalue weighted by atomic mass is 32.2. The van der Waals surface area contributed by atoms with Gasteiger partial charge in [0.05, 0.1) is 23.9 Å². The van der Waals surface area contributed by atoms with Gasteiger partial charge in [-0.25, -0.2) is 16.8 Å². The van der Waals surface area contributed by atoms with E-state index >= 15 is 0 Å². The quantitative estimate of drug-likeness (QED) is 0.747. The van der Waals surface area contributed by atoms with Crippen molar-refractivity contribution in [3.05, 3.63) is 59.2 Å². The van der Waals surface area contributed by atoms with Crippen molar-refractivity contribution in [2.75, 3.05) is 18.6 Å². The lowest BCUT2D eigenvalue weighted by Crippen LogP contribution is -2.44. The highest BCUT2D eigenvalue weighted by Crippen LogP contribution is 2.34. The second kappa shape index (κ2) is 8.08. The second-order valence-corrected chi connectivity index (χ2v) is 11.9. The van der Waals surface area contributed by atoms with Gasteiger partial charge in [-0.3, -0.25) is 0 Å². The molecule has 29 heavy (non-hydrogen) atoms. The largest absolute Gasteiger partial charge is 0.495 e. The van der Waals surface area contributed by atoms with E-state index < -0.39 is 36.7 Å². The van der Waals surface area contributed by atoms with E-state index in [1.54, 1.807) is 12.1 Å². The molecule has 0 aromatic heterocycles. The Labute approximate surface area is 173 Å². The summed E-state index contributed by atoms with van der Waals surface area (Å²) in [6.45, 7) is 5.60. The minimum atomic E-state index is -3.94. The normalized spacial score (nSPS) is 22.3. The van der Waals surface area contributed by atoms with Gasteiger partial charge >= 0.3 is 0 Å². The number of methoxy groups -OCH3 is 1. The molecule has 1 aliphatic rings. The van der Waals surface area contributed by atoms with Crippen molar-refractivity contribution >= 4 is 19.7 Å². The van der Waals surface area contributed by atoms with Gasteiger partial charge < -0.3 is 10.1 Å². The van der Waals surface area contributed by atoms with Crippen LogP contribution in [0.1, 0.15) is 29.7 Å². The predicted octanol–water partition coefficient (Wildman–Crippen LogP) is 2.60. The minimum Gasteiger partial charge on any atom is -0.495 e. The zero-order valence-corrected chi connectivity index (χ0v) is 18.7. The molecule has 0 amide bonds. The summed E-state index contributed by atoms with van der Waals surface area (Å²) in [6.07, 6.45) is 0. The second-order valence-electron chi connectivity index (χ2n) is 7.65. The van der Waals surface area contributed by atoms with Crippen LogP contribution in [-0.2, 0) is 19.7 Å². The fraction of sp³-hybridized carbons (Fsp3) is 0.429. The number of nitrogens with one attached hydrogen (secondary N) is 1. The third kappa shape index (κ3) is 4.49. The number of hydrogen-bond acceptors (Lipinski definition) is 6. The molecule has 2 aromatic rings. The van der Waals surface area contributed by atoms with Gasteiger partial charge in [0, 0.05) is 12.1 Å². The van der Waals surface area contributed by atoms with Crippen molar-refractivity contribution in [1.29, 1.82) is 0 Å². The summed E-state index contributed by atoms with van der Waals surface area (Å²) in [7, 11) is -6.00. The minimum absolute atomic E-state index is 0.0457. The molecule has 8 heteroatoms. The van der Waals surface area contributed by atoms with Crippen LogP contribution in [0.2, 0.25) is 0 Å². The van der Waals surface area contributed by atoms with Crippen molar-refractivity contribution in [1.82, 2.24) is 5.32 Å². The molecule has 0 saturated carbocycles. The molecule has 2 aromatic carbocycles. The topological polar surface area (TPSA) is 89.5 Å². The van der Waals surface area contributed by atoms with E-state index in [0.29, 0.717) is 0 Å². The molecule has 0 radical (unpaired) electrons. The van der Waals surface area contributed by atoms with Crippen LogP contribution in [0.25, 0.3) is 0 Å². The lowest BCUT2D eigenvalue weighted by Gasteiger charge is -2.25. The fourth-order valence-corrected chi connectivity index (χ4v) is 8.65. The van der Waals surface area contributed by atoms with Gasteiger partial charge in [-0.1, -0.05) is 30.3 Å². The lowest BCUT2D eigenvalue weighted by molar-refractivity contribution is 0.401. The Hall–Kier alpha value is -1.90. The molecule has 0 spiro atoms. The van der Waals surface area contributed by atoms with E-state index in [9.17, 15) is 16.8 Å². The van der Waals surface area contributed by atoms with Gasteiger partial charge in [0.15, 0.2) is 19.7 Å². The molecule has 1 fully saturated rings. The Kier molecular flexibility index (Phi) is 6.08. The first-order valence-corrected chi connectivity index (χ1v) is 12.8. The monoisotopic (exact) mass is 437 g/mol. The van der Waals surface area contributed by atoms with E-state index in [0.717, 1.165) is 16.7 Å². The summed E-state index contributed by atoms with van der Waals surface area (Å²) in [5, 5.41) is 2.17. The summed E-state index contributed by atoms with van der Waals surface area (Å²) in [4.78, 5) is 0.0457.